The third kappa shape index (κ3) is 21.6. The smallest absolute Gasteiger partial charge is 0.305 e. The highest BCUT2D eigenvalue weighted by atomic mass is 32.1. The maximum Gasteiger partial charge on any atom is 0.305 e. The number of hydrogen-bond acceptors (Lipinski definition) is 9. The third-order valence-corrected chi connectivity index (χ3v) is 8.18. The molecule has 0 saturated heterocycles. The molecule has 0 saturated carbocycles. The van der Waals surface area contributed by atoms with Crippen molar-refractivity contribution in [1.29, 1.82) is 0 Å². The van der Waals surface area contributed by atoms with Crippen LogP contribution < -0.4 is 10.6 Å². The molecular weight excluding hydrogens is 534 g/mol. The van der Waals surface area contributed by atoms with E-state index in [1.807, 2.05) is 7.05 Å². The van der Waals surface area contributed by atoms with E-state index in [1.165, 1.54) is 82.4 Å². The highest BCUT2D eigenvalue weighted by molar-refractivity contribution is 6.99. The summed E-state index contributed by atoms with van der Waals surface area (Å²) in [7, 11) is 1.87. The summed E-state index contributed by atoms with van der Waals surface area (Å²) in [5.41, 5.74) is 0. The van der Waals surface area contributed by atoms with Crippen molar-refractivity contribution in [3.63, 3.8) is 0 Å². The number of aromatic nitrogens is 2. The van der Waals surface area contributed by atoms with Crippen molar-refractivity contribution in [2.24, 2.45) is 5.92 Å². The Morgan fingerprint density at radius 3 is 2.17 bits per heavy atom. The molecule has 0 aliphatic heterocycles. The highest BCUT2D eigenvalue weighted by Gasteiger charge is 2.09. The second-order valence-electron chi connectivity index (χ2n) is 11.6. The summed E-state index contributed by atoms with van der Waals surface area (Å²) < 4.78 is 14.1. The van der Waals surface area contributed by atoms with Crippen LogP contribution in [0.25, 0.3) is 0 Å². The van der Waals surface area contributed by atoms with E-state index in [0.717, 1.165) is 82.6 Å². The van der Waals surface area contributed by atoms with Crippen molar-refractivity contribution in [3.8, 4) is 0 Å². The van der Waals surface area contributed by atoms with Gasteiger partial charge in [0.05, 0.1) is 18.3 Å². The number of esters is 1. The predicted octanol–water partition coefficient (Wildman–Crippen LogP) is 8.10. The maximum atomic E-state index is 12.1. The molecule has 1 unspecified atom stereocenters. The first-order valence-corrected chi connectivity index (χ1v) is 17.4. The van der Waals surface area contributed by atoms with E-state index in [2.05, 4.69) is 38.1 Å². The summed E-state index contributed by atoms with van der Waals surface area (Å²) in [6, 6.07) is 0. The summed E-state index contributed by atoms with van der Waals surface area (Å²) in [6.45, 7) is 9.24. The van der Waals surface area contributed by atoms with Crippen LogP contribution in [0.5, 0.6) is 0 Å². The molecule has 1 heterocycles. The molecule has 0 aliphatic carbocycles. The second kappa shape index (κ2) is 27.1. The lowest BCUT2D eigenvalue weighted by molar-refractivity contribution is -0.145. The molecule has 41 heavy (non-hydrogen) atoms. The van der Waals surface area contributed by atoms with Crippen LogP contribution in [0.15, 0.2) is 0 Å². The topological polar surface area (TPSA) is 96.5 Å². The average molecular weight is 596 g/mol. The van der Waals surface area contributed by atoms with E-state index in [-0.39, 0.29) is 5.97 Å². The zero-order valence-corrected chi connectivity index (χ0v) is 27.4. The van der Waals surface area contributed by atoms with Gasteiger partial charge in [-0.2, -0.15) is 8.75 Å². The van der Waals surface area contributed by atoms with Crippen molar-refractivity contribution >= 4 is 35.6 Å². The quantitative estimate of drug-likeness (QED) is 0.0523. The molecule has 0 amide bonds. The number of anilines is 2. The van der Waals surface area contributed by atoms with Gasteiger partial charge in [0.1, 0.15) is 6.29 Å². The monoisotopic (exact) mass is 595 g/mol. The fraction of sp³-hybridized carbons (Fsp3) is 0.875. The lowest BCUT2D eigenvalue weighted by atomic mass is 10.0. The van der Waals surface area contributed by atoms with Crippen LogP contribution >= 0.6 is 11.7 Å². The first-order chi connectivity index (χ1) is 20.1. The van der Waals surface area contributed by atoms with E-state index < -0.39 is 0 Å². The van der Waals surface area contributed by atoms with Crippen molar-refractivity contribution in [3.05, 3.63) is 0 Å². The Kier molecular flexibility index (Phi) is 24.7. The second-order valence-corrected chi connectivity index (χ2v) is 12.1. The number of unbranched alkanes of at least 4 members (excludes halogenated alkanes) is 13. The van der Waals surface area contributed by atoms with Gasteiger partial charge in [0.15, 0.2) is 11.6 Å². The number of carbonyl (C=O) groups excluding carboxylic acids is 2. The van der Waals surface area contributed by atoms with Crippen LogP contribution in [-0.4, -0.2) is 65.7 Å². The number of rotatable bonds is 30. The Morgan fingerprint density at radius 2 is 1.46 bits per heavy atom. The maximum absolute atomic E-state index is 12.1. The van der Waals surface area contributed by atoms with E-state index in [4.69, 9.17) is 4.74 Å². The molecule has 238 valence electrons. The van der Waals surface area contributed by atoms with E-state index in [1.54, 1.807) is 0 Å². The van der Waals surface area contributed by atoms with Crippen LogP contribution in [0.1, 0.15) is 136 Å². The molecule has 0 bridgehead atoms. The Balaban J connectivity index is 2.16. The van der Waals surface area contributed by atoms with Gasteiger partial charge in [0.2, 0.25) is 0 Å². The molecule has 9 heteroatoms. The average Bonchev–Trinajstić information content (AvgIpc) is 3.44. The summed E-state index contributed by atoms with van der Waals surface area (Å²) >= 11 is 1.22. The Morgan fingerprint density at radius 1 is 0.854 bits per heavy atom. The molecule has 1 atom stereocenters. The third-order valence-electron chi connectivity index (χ3n) is 7.65. The molecule has 0 fully saturated rings. The highest BCUT2D eigenvalue weighted by Crippen LogP contribution is 2.17. The molecule has 1 aromatic heterocycles. The summed E-state index contributed by atoms with van der Waals surface area (Å²) in [4.78, 5) is 25.2. The number of nitrogens with one attached hydrogen (secondary N) is 2. The lowest BCUT2D eigenvalue weighted by Gasteiger charge is -2.22. The SMILES string of the molecule is CCCCCCCC(C)COC(=O)CCCCCCCN(CCCCCCCC=O)CCCNc1nsnc1NC. The summed E-state index contributed by atoms with van der Waals surface area (Å²) in [6.07, 6.45) is 22.5. The molecule has 8 nitrogen and oxygen atoms in total. The van der Waals surface area contributed by atoms with Gasteiger partial charge < -0.3 is 25.1 Å². The first kappa shape index (κ1) is 37.3. The normalized spacial score (nSPS) is 12.0. The molecule has 2 N–H and O–H groups in total. The standard InChI is InChI=1S/C32H61N5O3S/c1-4-5-6-10-15-21-29(2)28-40-30(39)22-16-11-9-13-18-25-37(24-17-12-7-8-14-19-27-38)26-20-23-34-32-31(33-3)35-41-36-32/h27,29H,4-26,28H2,1-3H3,(H,33,35)(H,34,36). The largest absolute Gasteiger partial charge is 0.465 e. The summed E-state index contributed by atoms with van der Waals surface area (Å²) in [5.74, 6) is 2.11. The van der Waals surface area contributed by atoms with Crippen LogP contribution in [0.4, 0.5) is 11.6 Å². The van der Waals surface area contributed by atoms with E-state index >= 15 is 0 Å². The molecule has 1 rings (SSSR count). The van der Waals surface area contributed by atoms with Gasteiger partial charge in [-0.1, -0.05) is 84.5 Å². The van der Waals surface area contributed by atoms with Gasteiger partial charge in [0, 0.05) is 26.4 Å². The van der Waals surface area contributed by atoms with Gasteiger partial charge in [-0.25, -0.2) is 0 Å². The van der Waals surface area contributed by atoms with Crippen LogP contribution in [0.2, 0.25) is 0 Å². The van der Waals surface area contributed by atoms with Gasteiger partial charge in [-0.05, 0) is 64.1 Å². The van der Waals surface area contributed by atoms with Crippen molar-refractivity contribution in [1.82, 2.24) is 13.6 Å². The lowest BCUT2D eigenvalue weighted by Crippen LogP contribution is -2.28. The number of ether oxygens (including phenoxy) is 1. The van der Waals surface area contributed by atoms with E-state index in [0.29, 0.717) is 25.4 Å². The first-order valence-electron chi connectivity index (χ1n) is 16.7. The van der Waals surface area contributed by atoms with Crippen molar-refractivity contribution in [2.75, 3.05) is 50.5 Å². The van der Waals surface area contributed by atoms with Crippen LogP contribution in [0.3, 0.4) is 0 Å². The predicted molar refractivity (Wildman–Crippen MR) is 174 cm³/mol. The van der Waals surface area contributed by atoms with Crippen molar-refractivity contribution in [2.45, 2.75) is 136 Å². The summed E-state index contributed by atoms with van der Waals surface area (Å²) in [5, 5.41) is 6.48. The fourth-order valence-electron chi connectivity index (χ4n) is 5.03. The number of aldehydes is 1. The molecule has 0 spiro atoms. The van der Waals surface area contributed by atoms with Gasteiger partial charge in [0.25, 0.3) is 0 Å². The minimum Gasteiger partial charge on any atom is -0.465 e. The molecule has 0 aromatic carbocycles. The minimum atomic E-state index is -0.0240. The molecule has 0 radical (unpaired) electrons. The van der Waals surface area contributed by atoms with Crippen LogP contribution in [0, 0.1) is 5.92 Å². The number of hydrogen-bond donors (Lipinski definition) is 2. The van der Waals surface area contributed by atoms with Crippen molar-refractivity contribution < 1.29 is 14.3 Å². The van der Waals surface area contributed by atoms with E-state index in [9.17, 15) is 9.59 Å². The molecule has 1 aromatic rings. The number of nitrogens with zero attached hydrogens (tertiary/aromatic N) is 3. The van der Waals surface area contributed by atoms with Gasteiger partial charge in [-0.3, -0.25) is 4.79 Å². The van der Waals surface area contributed by atoms with Gasteiger partial charge in [-0.15, -0.1) is 0 Å². The zero-order chi connectivity index (χ0) is 29.8. The number of carbonyl (C=O) groups is 2. The van der Waals surface area contributed by atoms with Crippen LogP contribution in [-0.2, 0) is 14.3 Å². The van der Waals surface area contributed by atoms with Gasteiger partial charge >= 0.3 is 5.97 Å². The molecular formula is C32H61N5O3S. The Bertz CT molecular complexity index is 749. The molecule has 0 aliphatic rings. The fourth-order valence-corrected chi connectivity index (χ4v) is 5.56. The minimum absolute atomic E-state index is 0.0240. The Labute approximate surface area is 255 Å². The Hall–Kier alpha value is -1.74. The zero-order valence-electron chi connectivity index (χ0n) is 26.6.